The van der Waals surface area contributed by atoms with Crippen molar-refractivity contribution in [2.75, 3.05) is 17.7 Å². The van der Waals surface area contributed by atoms with Gasteiger partial charge in [0.05, 0.1) is 18.7 Å². The van der Waals surface area contributed by atoms with E-state index in [1.807, 2.05) is 91.2 Å². The summed E-state index contributed by atoms with van der Waals surface area (Å²) < 4.78 is 5.27. The van der Waals surface area contributed by atoms with Crippen molar-refractivity contribution in [1.82, 2.24) is 4.98 Å². The third-order valence-electron chi connectivity index (χ3n) is 5.18. The molecule has 2 N–H and O–H groups in total. The average Bonchev–Trinajstić information content (AvgIpc) is 3.29. The molecule has 0 aliphatic rings. The Kier molecular flexibility index (Phi) is 6.82. The molecule has 1 atom stereocenters. The number of methoxy groups -OCH3 is 1. The highest BCUT2D eigenvalue weighted by atomic mass is 32.1. The fraction of sp³-hybridized carbons (Fsp3) is 0.154. The van der Waals surface area contributed by atoms with Crippen LogP contribution in [0.2, 0.25) is 0 Å². The zero-order valence-electron chi connectivity index (χ0n) is 18.0. The Labute approximate surface area is 192 Å². The molecule has 32 heavy (non-hydrogen) atoms. The summed E-state index contributed by atoms with van der Waals surface area (Å²) in [6, 6.07) is 25.4. The molecule has 0 saturated carbocycles. The Morgan fingerprint density at radius 2 is 1.78 bits per heavy atom. The first kappa shape index (κ1) is 21.6. The van der Waals surface area contributed by atoms with E-state index in [4.69, 9.17) is 9.72 Å². The number of benzene rings is 3. The van der Waals surface area contributed by atoms with Gasteiger partial charge in [-0.05, 0) is 36.2 Å². The number of ether oxygens (including phenoxy) is 1. The van der Waals surface area contributed by atoms with Crippen LogP contribution < -0.4 is 15.4 Å². The summed E-state index contributed by atoms with van der Waals surface area (Å²) in [6.45, 7) is 2.03. The number of hydrogen-bond donors (Lipinski definition) is 2. The summed E-state index contributed by atoms with van der Waals surface area (Å²) in [5, 5.41) is 9.17. The largest absolute Gasteiger partial charge is 0.497 e. The molecule has 1 amide bonds. The topological polar surface area (TPSA) is 63.2 Å². The molecule has 0 radical (unpaired) electrons. The van der Waals surface area contributed by atoms with Crippen LogP contribution in [0, 0.1) is 0 Å². The number of nitrogens with zero attached hydrogens (tertiary/aromatic N) is 1. The predicted molar refractivity (Wildman–Crippen MR) is 132 cm³/mol. The van der Waals surface area contributed by atoms with Gasteiger partial charge in [0.15, 0.2) is 5.13 Å². The number of hydrogen-bond acceptors (Lipinski definition) is 5. The molecule has 1 unspecified atom stereocenters. The molecule has 4 aromatic rings. The molecule has 0 bridgehead atoms. The Bertz CT molecular complexity index is 1190. The van der Waals surface area contributed by atoms with Crippen molar-refractivity contribution in [2.45, 2.75) is 19.3 Å². The van der Waals surface area contributed by atoms with E-state index < -0.39 is 0 Å². The number of carbonyl (C=O) groups is 1. The van der Waals surface area contributed by atoms with Gasteiger partial charge in [0.1, 0.15) is 5.75 Å². The Hall–Kier alpha value is -3.64. The van der Waals surface area contributed by atoms with Crippen molar-refractivity contribution in [3.8, 4) is 17.0 Å². The third kappa shape index (κ3) is 5.15. The fourth-order valence-electron chi connectivity index (χ4n) is 3.53. The van der Waals surface area contributed by atoms with Crippen LogP contribution in [0.25, 0.3) is 11.3 Å². The van der Waals surface area contributed by atoms with Gasteiger partial charge >= 0.3 is 0 Å². The molecule has 3 aromatic carbocycles. The molecule has 0 aliphatic heterocycles. The van der Waals surface area contributed by atoms with Gasteiger partial charge in [0, 0.05) is 28.4 Å². The van der Waals surface area contributed by atoms with Crippen molar-refractivity contribution < 1.29 is 9.53 Å². The van der Waals surface area contributed by atoms with Crippen molar-refractivity contribution in [3.05, 3.63) is 89.8 Å². The molecule has 162 valence electrons. The van der Waals surface area contributed by atoms with Crippen LogP contribution >= 0.6 is 11.3 Å². The standard InChI is InChI=1S/C26H25N3O2S/c1-3-23(18-9-5-4-6-10-18)25(30)27-20-12-7-11-19(15-20)24-17-32-26(29-24)28-21-13-8-14-22(16-21)31-2/h4-17,23H,3H2,1-2H3,(H,27,30)(H,28,29). The van der Waals surface area contributed by atoms with E-state index in [-0.39, 0.29) is 11.8 Å². The van der Waals surface area contributed by atoms with E-state index >= 15 is 0 Å². The lowest BCUT2D eigenvalue weighted by molar-refractivity contribution is -0.117. The first-order valence-corrected chi connectivity index (χ1v) is 11.4. The maximum atomic E-state index is 12.9. The van der Waals surface area contributed by atoms with E-state index in [0.29, 0.717) is 0 Å². The lowest BCUT2D eigenvalue weighted by Crippen LogP contribution is -2.20. The van der Waals surface area contributed by atoms with Crippen LogP contribution in [-0.4, -0.2) is 18.0 Å². The number of nitrogens with one attached hydrogen (secondary N) is 2. The minimum atomic E-state index is -0.183. The monoisotopic (exact) mass is 443 g/mol. The van der Waals surface area contributed by atoms with E-state index in [2.05, 4.69) is 10.6 Å². The van der Waals surface area contributed by atoms with E-state index in [1.54, 1.807) is 7.11 Å². The minimum absolute atomic E-state index is 0.00508. The van der Waals surface area contributed by atoms with Gasteiger partial charge in [0.2, 0.25) is 5.91 Å². The van der Waals surface area contributed by atoms with Gasteiger partial charge in [-0.15, -0.1) is 11.3 Å². The summed E-state index contributed by atoms with van der Waals surface area (Å²) in [4.78, 5) is 17.6. The van der Waals surface area contributed by atoms with Gasteiger partial charge in [-0.25, -0.2) is 4.98 Å². The van der Waals surface area contributed by atoms with E-state index in [9.17, 15) is 4.79 Å². The molecule has 6 heteroatoms. The van der Waals surface area contributed by atoms with Crippen molar-refractivity contribution in [3.63, 3.8) is 0 Å². The summed E-state index contributed by atoms with van der Waals surface area (Å²) in [5.74, 6) is 0.600. The van der Waals surface area contributed by atoms with Crippen molar-refractivity contribution in [1.29, 1.82) is 0 Å². The highest BCUT2D eigenvalue weighted by Crippen LogP contribution is 2.30. The molecular weight excluding hydrogens is 418 g/mol. The number of amides is 1. The number of carbonyl (C=O) groups excluding carboxylic acids is 1. The van der Waals surface area contributed by atoms with Crippen molar-refractivity contribution >= 4 is 33.8 Å². The van der Waals surface area contributed by atoms with Crippen LogP contribution in [-0.2, 0) is 4.79 Å². The smallest absolute Gasteiger partial charge is 0.231 e. The zero-order valence-corrected chi connectivity index (χ0v) is 18.9. The van der Waals surface area contributed by atoms with E-state index in [0.717, 1.165) is 45.5 Å². The second-order valence-corrected chi connectivity index (χ2v) is 8.19. The Morgan fingerprint density at radius 1 is 1.00 bits per heavy atom. The Balaban J connectivity index is 1.48. The summed E-state index contributed by atoms with van der Waals surface area (Å²) in [5.41, 5.74) is 4.50. The number of thiazole rings is 1. The Morgan fingerprint density at radius 3 is 2.56 bits per heavy atom. The number of anilines is 3. The maximum absolute atomic E-state index is 12.9. The first-order chi connectivity index (χ1) is 15.7. The highest BCUT2D eigenvalue weighted by molar-refractivity contribution is 7.14. The molecule has 4 rings (SSSR count). The molecule has 1 aromatic heterocycles. The van der Waals surface area contributed by atoms with Crippen LogP contribution in [0.3, 0.4) is 0 Å². The van der Waals surface area contributed by atoms with Crippen LogP contribution in [0.5, 0.6) is 5.75 Å². The molecule has 0 fully saturated rings. The van der Waals surface area contributed by atoms with Gasteiger partial charge in [0.25, 0.3) is 0 Å². The van der Waals surface area contributed by atoms with Crippen LogP contribution in [0.15, 0.2) is 84.2 Å². The van der Waals surface area contributed by atoms with E-state index in [1.165, 1.54) is 11.3 Å². The summed E-state index contributed by atoms with van der Waals surface area (Å²) in [7, 11) is 1.65. The van der Waals surface area contributed by atoms with Crippen LogP contribution in [0.4, 0.5) is 16.5 Å². The normalized spacial score (nSPS) is 11.6. The second-order valence-electron chi connectivity index (χ2n) is 7.34. The fourth-order valence-corrected chi connectivity index (χ4v) is 4.27. The van der Waals surface area contributed by atoms with Gasteiger partial charge in [-0.2, -0.15) is 0 Å². The SMILES string of the molecule is CCC(C(=O)Nc1cccc(-c2csc(Nc3cccc(OC)c3)n2)c1)c1ccccc1. The lowest BCUT2D eigenvalue weighted by Gasteiger charge is -2.15. The van der Waals surface area contributed by atoms with Crippen molar-refractivity contribution in [2.24, 2.45) is 0 Å². The molecule has 0 aliphatic carbocycles. The maximum Gasteiger partial charge on any atom is 0.231 e. The molecule has 5 nitrogen and oxygen atoms in total. The second kappa shape index (κ2) is 10.1. The quantitative estimate of drug-likeness (QED) is 0.318. The molecular formula is C26H25N3O2S. The molecule has 0 saturated heterocycles. The highest BCUT2D eigenvalue weighted by Gasteiger charge is 2.18. The summed E-state index contributed by atoms with van der Waals surface area (Å²) in [6.07, 6.45) is 0.737. The predicted octanol–water partition coefficient (Wildman–Crippen LogP) is 6.69. The lowest BCUT2D eigenvalue weighted by atomic mass is 9.95. The van der Waals surface area contributed by atoms with Gasteiger partial charge in [-0.3, -0.25) is 4.79 Å². The average molecular weight is 444 g/mol. The molecule has 1 heterocycles. The van der Waals surface area contributed by atoms with Crippen LogP contribution in [0.1, 0.15) is 24.8 Å². The zero-order chi connectivity index (χ0) is 22.3. The summed E-state index contributed by atoms with van der Waals surface area (Å²) >= 11 is 1.53. The number of rotatable bonds is 8. The number of aromatic nitrogens is 1. The molecule has 0 spiro atoms. The third-order valence-corrected chi connectivity index (χ3v) is 5.94. The van der Waals surface area contributed by atoms with Gasteiger partial charge in [-0.1, -0.05) is 55.5 Å². The van der Waals surface area contributed by atoms with Gasteiger partial charge < -0.3 is 15.4 Å². The first-order valence-electron chi connectivity index (χ1n) is 10.5. The minimum Gasteiger partial charge on any atom is -0.497 e.